The number of carbonyl (C=O) groups excluding carboxylic acids is 1. The highest BCUT2D eigenvalue weighted by Gasteiger charge is 2.54. The van der Waals surface area contributed by atoms with Gasteiger partial charge in [0.15, 0.2) is 0 Å². The van der Waals surface area contributed by atoms with Gasteiger partial charge >= 0.3 is 0 Å². The second-order valence-corrected chi connectivity index (χ2v) is 6.28. The maximum atomic E-state index is 11.5. The number of amides is 1. The summed E-state index contributed by atoms with van der Waals surface area (Å²) in [5, 5.41) is 0. The van der Waals surface area contributed by atoms with Gasteiger partial charge in [0.25, 0.3) is 0 Å². The van der Waals surface area contributed by atoms with Crippen LogP contribution >= 0.6 is 11.8 Å². The maximum Gasteiger partial charge on any atom is 0.234 e. The van der Waals surface area contributed by atoms with Crippen molar-refractivity contribution < 1.29 is 4.79 Å². The molecule has 4 fully saturated rings. The van der Waals surface area contributed by atoms with Crippen LogP contribution in [-0.2, 0) is 4.79 Å². The van der Waals surface area contributed by atoms with Crippen LogP contribution in [0.5, 0.6) is 0 Å². The molecule has 0 atom stereocenters. The lowest BCUT2D eigenvalue weighted by Crippen LogP contribution is -2.58. The Labute approximate surface area is 96.1 Å². The van der Waals surface area contributed by atoms with Crippen molar-refractivity contribution in [3.63, 3.8) is 0 Å². The van der Waals surface area contributed by atoms with E-state index in [2.05, 4.69) is 0 Å². The summed E-state index contributed by atoms with van der Waals surface area (Å²) in [5.41, 5.74) is 0.0299. The van der Waals surface area contributed by atoms with Gasteiger partial charge in [0.05, 0.1) is 5.54 Å². The fraction of sp³-hybridized carbons (Fsp3) is 0.917. The van der Waals surface area contributed by atoms with E-state index in [1.54, 1.807) is 6.92 Å². The number of carbonyl (C=O) groups is 1. The minimum atomic E-state index is 0.0265. The number of halogens is 1. The molecule has 0 saturated heterocycles. The molecule has 2 nitrogen and oxygen atoms in total. The van der Waals surface area contributed by atoms with E-state index in [0.717, 1.165) is 37.0 Å². The zero-order valence-corrected chi connectivity index (χ0v) is 9.96. The molecule has 0 aliphatic heterocycles. The predicted molar refractivity (Wildman–Crippen MR) is 59.3 cm³/mol. The van der Waals surface area contributed by atoms with E-state index in [-0.39, 0.29) is 11.4 Å². The zero-order valence-electron chi connectivity index (χ0n) is 9.21. The first-order chi connectivity index (χ1) is 7.09. The summed E-state index contributed by atoms with van der Waals surface area (Å²) in [5.74, 6) is 2.56. The van der Waals surface area contributed by atoms with Crippen LogP contribution < -0.4 is 0 Å². The van der Waals surface area contributed by atoms with Crippen molar-refractivity contribution in [1.82, 2.24) is 4.42 Å². The van der Waals surface area contributed by atoms with Gasteiger partial charge in [-0.25, -0.2) is 4.42 Å². The Kier molecular flexibility index (Phi) is 2.08. The molecule has 4 aliphatic rings. The highest BCUT2D eigenvalue weighted by atomic mass is 35.5. The third-order valence-electron chi connectivity index (χ3n) is 4.70. The lowest BCUT2D eigenvalue weighted by Gasteiger charge is -2.58. The van der Waals surface area contributed by atoms with Gasteiger partial charge in [0.2, 0.25) is 5.91 Å². The third kappa shape index (κ3) is 1.41. The van der Waals surface area contributed by atoms with Crippen molar-refractivity contribution in [2.24, 2.45) is 17.8 Å². The van der Waals surface area contributed by atoms with Crippen molar-refractivity contribution in [3.8, 4) is 0 Å². The molecule has 4 rings (SSSR count). The molecule has 0 aromatic carbocycles. The van der Waals surface area contributed by atoms with Crippen molar-refractivity contribution in [3.05, 3.63) is 0 Å². The molecule has 4 saturated carbocycles. The number of nitrogens with zero attached hydrogens (tertiary/aromatic N) is 1. The van der Waals surface area contributed by atoms with E-state index >= 15 is 0 Å². The van der Waals surface area contributed by atoms with Crippen LogP contribution in [-0.4, -0.2) is 15.9 Å². The average molecular weight is 228 g/mol. The minimum Gasteiger partial charge on any atom is -0.274 e. The van der Waals surface area contributed by atoms with Gasteiger partial charge in [-0.2, -0.15) is 0 Å². The molecular formula is C12H18ClNO. The Morgan fingerprint density at radius 2 is 1.53 bits per heavy atom. The van der Waals surface area contributed by atoms with Crippen LogP contribution in [0.3, 0.4) is 0 Å². The van der Waals surface area contributed by atoms with Crippen LogP contribution in [0.15, 0.2) is 0 Å². The van der Waals surface area contributed by atoms with E-state index in [0.29, 0.717) is 0 Å². The lowest BCUT2D eigenvalue weighted by atomic mass is 9.53. The molecule has 4 bridgehead atoms. The second-order valence-electron chi connectivity index (χ2n) is 5.94. The van der Waals surface area contributed by atoms with Gasteiger partial charge in [-0.05, 0) is 56.3 Å². The second kappa shape index (κ2) is 3.13. The molecule has 0 aromatic rings. The monoisotopic (exact) mass is 227 g/mol. The highest BCUT2D eigenvalue weighted by molar-refractivity contribution is 6.21. The van der Waals surface area contributed by atoms with Gasteiger partial charge in [-0.3, -0.25) is 4.79 Å². The molecular weight excluding hydrogens is 210 g/mol. The quantitative estimate of drug-likeness (QED) is 0.631. The number of rotatable bonds is 1. The van der Waals surface area contributed by atoms with E-state index in [1.165, 1.54) is 23.7 Å². The Hall–Kier alpha value is -0.240. The van der Waals surface area contributed by atoms with Gasteiger partial charge in [0, 0.05) is 18.7 Å². The topological polar surface area (TPSA) is 20.3 Å². The summed E-state index contributed by atoms with van der Waals surface area (Å²) in [6.07, 6.45) is 7.64. The highest BCUT2D eigenvalue weighted by Crippen LogP contribution is 2.58. The molecule has 1 amide bonds. The molecule has 0 unspecified atom stereocenters. The molecule has 0 aromatic heterocycles. The first-order valence-corrected chi connectivity index (χ1v) is 6.39. The summed E-state index contributed by atoms with van der Waals surface area (Å²) >= 11 is 6.22. The van der Waals surface area contributed by atoms with Gasteiger partial charge < -0.3 is 0 Å². The van der Waals surface area contributed by atoms with Gasteiger partial charge in [-0.15, -0.1) is 0 Å². The standard InChI is InChI=1S/C12H18ClNO/c1-8(15)14(13)12-5-9-2-10(6-12)4-11(3-9)7-12/h9-11H,2-7H2,1H3. The van der Waals surface area contributed by atoms with Crippen LogP contribution in [0.1, 0.15) is 45.4 Å². The average Bonchev–Trinajstić information content (AvgIpc) is 2.14. The summed E-state index contributed by atoms with van der Waals surface area (Å²) in [4.78, 5) is 11.5. The zero-order chi connectivity index (χ0) is 10.6. The maximum absolute atomic E-state index is 11.5. The SMILES string of the molecule is CC(=O)N(Cl)C12CC3CC(CC(C3)C1)C2. The lowest BCUT2D eigenvalue weighted by molar-refractivity contribution is -0.136. The van der Waals surface area contributed by atoms with Crippen LogP contribution in [0.2, 0.25) is 0 Å². The predicted octanol–water partition coefficient (Wildman–Crippen LogP) is 2.96. The van der Waals surface area contributed by atoms with E-state index in [9.17, 15) is 4.79 Å². The molecule has 0 spiro atoms. The van der Waals surface area contributed by atoms with Crippen LogP contribution in [0, 0.1) is 17.8 Å². The van der Waals surface area contributed by atoms with E-state index in [1.807, 2.05) is 0 Å². The number of hydrogen-bond donors (Lipinski definition) is 0. The van der Waals surface area contributed by atoms with Crippen molar-refractivity contribution in [2.45, 2.75) is 51.0 Å². The fourth-order valence-electron chi connectivity index (χ4n) is 4.64. The smallest absolute Gasteiger partial charge is 0.234 e. The first-order valence-electron chi connectivity index (χ1n) is 6.06. The van der Waals surface area contributed by atoms with E-state index < -0.39 is 0 Å². The summed E-state index contributed by atoms with van der Waals surface area (Å²) < 4.78 is 1.54. The van der Waals surface area contributed by atoms with Gasteiger partial charge in [0.1, 0.15) is 0 Å². The van der Waals surface area contributed by atoms with Crippen LogP contribution in [0.25, 0.3) is 0 Å². The molecule has 0 radical (unpaired) electrons. The number of hydrogen-bond acceptors (Lipinski definition) is 1. The molecule has 15 heavy (non-hydrogen) atoms. The third-order valence-corrected chi connectivity index (χ3v) is 5.30. The largest absolute Gasteiger partial charge is 0.274 e. The van der Waals surface area contributed by atoms with Crippen molar-refractivity contribution in [1.29, 1.82) is 0 Å². The Balaban J connectivity index is 1.89. The normalized spacial score (nSPS) is 46.9. The fourth-order valence-corrected chi connectivity index (χ4v) is 4.85. The Morgan fingerprint density at radius 1 is 1.13 bits per heavy atom. The summed E-state index contributed by atoms with van der Waals surface area (Å²) in [6.45, 7) is 1.59. The molecule has 3 heteroatoms. The summed E-state index contributed by atoms with van der Waals surface area (Å²) in [7, 11) is 0. The first kappa shape index (κ1) is 9.95. The molecule has 4 aliphatic carbocycles. The molecule has 0 heterocycles. The van der Waals surface area contributed by atoms with E-state index in [4.69, 9.17) is 11.8 Å². The summed E-state index contributed by atoms with van der Waals surface area (Å²) in [6, 6.07) is 0. The van der Waals surface area contributed by atoms with Crippen molar-refractivity contribution in [2.75, 3.05) is 0 Å². The van der Waals surface area contributed by atoms with Crippen molar-refractivity contribution >= 4 is 17.7 Å². The molecule has 84 valence electrons. The molecule has 0 N–H and O–H groups in total. The van der Waals surface area contributed by atoms with Crippen LogP contribution in [0.4, 0.5) is 0 Å². The Bertz CT molecular complexity index is 267. The Morgan fingerprint density at radius 3 is 1.87 bits per heavy atom. The minimum absolute atomic E-state index is 0.0265. The van der Waals surface area contributed by atoms with Gasteiger partial charge in [-0.1, -0.05) is 0 Å².